The molecule has 1 amide bonds. The SMILES string of the molecule is C#CCCC1(CCC(=O)NC(C)c2nc(-c3ccccc3OC)no2)N=N1. The highest BCUT2D eigenvalue weighted by molar-refractivity contribution is 5.76. The minimum absolute atomic E-state index is 0.128. The molecule has 0 bridgehead atoms. The van der Waals surface area contributed by atoms with E-state index < -0.39 is 11.7 Å². The first-order valence-corrected chi connectivity index (χ1v) is 8.71. The fourth-order valence-corrected chi connectivity index (χ4v) is 2.71. The predicted octanol–water partition coefficient (Wildman–Crippen LogP) is 3.28. The Kier molecular flexibility index (Phi) is 5.50. The van der Waals surface area contributed by atoms with Crippen LogP contribution >= 0.6 is 0 Å². The van der Waals surface area contributed by atoms with Gasteiger partial charge in [-0.1, -0.05) is 17.3 Å². The largest absolute Gasteiger partial charge is 0.496 e. The van der Waals surface area contributed by atoms with E-state index in [-0.39, 0.29) is 5.91 Å². The van der Waals surface area contributed by atoms with Crippen LogP contribution in [0.1, 0.15) is 44.5 Å². The molecule has 1 aromatic heterocycles. The van der Waals surface area contributed by atoms with Crippen molar-refractivity contribution >= 4 is 5.91 Å². The maximum Gasteiger partial charge on any atom is 0.249 e. The van der Waals surface area contributed by atoms with Crippen LogP contribution in [-0.4, -0.2) is 28.8 Å². The molecule has 8 heteroatoms. The van der Waals surface area contributed by atoms with E-state index in [9.17, 15) is 4.79 Å². The van der Waals surface area contributed by atoms with E-state index in [1.165, 1.54) is 0 Å². The van der Waals surface area contributed by atoms with Crippen molar-refractivity contribution < 1.29 is 14.1 Å². The molecule has 1 aromatic carbocycles. The number of aromatic nitrogens is 2. The Hall–Kier alpha value is -3.21. The third kappa shape index (κ3) is 4.50. The third-order valence-electron chi connectivity index (χ3n) is 4.34. The molecule has 1 unspecified atom stereocenters. The number of hydrogen-bond donors (Lipinski definition) is 1. The number of nitrogens with one attached hydrogen (secondary N) is 1. The van der Waals surface area contributed by atoms with Gasteiger partial charge in [-0.3, -0.25) is 4.79 Å². The van der Waals surface area contributed by atoms with Gasteiger partial charge in [0.05, 0.1) is 12.7 Å². The number of terminal acetylenes is 1. The van der Waals surface area contributed by atoms with Crippen molar-refractivity contribution in [2.45, 2.75) is 44.3 Å². The second-order valence-corrected chi connectivity index (χ2v) is 6.33. The molecule has 0 fully saturated rings. The lowest BCUT2D eigenvalue weighted by Crippen LogP contribution is -2.28. The van der Waals surface area contributed by atoms with E-state index in [4.69, 9.17) is 15.7 Å². The van der Waals surface area contributed by atoms with Crippen molar-refractivity contribution in [2.75, 3.05) is 7.11 Å². The Morgan fingerprint density at radius 3 is 2.85 bits per heavy atom. The normalized spacial score (nSPS) is 15.0. The lowest BCUT2D eigenvalue weighted by atomic mass is 10.0. The molecule has 0 spiro atoms. The monoisotopic (exact) mass is 367 g/mol. The third-order valence-corrected chi connectivity index (χ3v) is 4.34. The first kappa shape index (κ1) is 18.6. The Morgan fingerprint density at radius 2 is 2.15 bits per heavy atom. The van der Waals surface area contributed by atoms with Crippen LogP contribution in [0.25, 0.3) is 11.4 Å². The molecule has 2 heterocycles. The van der Waals surface area contributed by atoms with Gasteiger partial charge in [0.15, 0.2) is 5.66 Å². The average molecular weight is 367 g/mol. The number of benzene rings is 1. The lowest BCUT2D eigenvalue weighted by Gasteiger charge is -2.11. The van der Waals surface area contributed by atoms with E-state index in [1.807, 2.05) is 24.3 Å². The zero-order valence-electron chi connectivity index (χ0n) is 15.3. The summed E-state index contributed by atoms with van der Waals surface area (Å²) in [7, 11) is 1.58. The summed E-state index contributed by atoms with van der Waals surface area (Å²) < 4.78 is 10.6. The number of carbonyl (C=O) groups excluding carboxylic acids is 1. The Balaban J connectivity index is 1.56. The molecular formula is C19H21N5O3. The second kappa shape index (κ2) is 7.99. The minimum atomic E-state index is -0.464. The summed E-state index contributed by atoms with van der Waals surface area (Å²) in [5.74, 6) is 3.83. The molecule has 0 radical (unpaired) electrons. The summed E-state index contributed by atoms with van der Waals surface area (Å²) in [6, 6.07) is 6.97. The maximum absolute atomic E-state index is 12.2. The number of rotatable bonds is 9. The van der Waals surface area contributed by atoms with Gasteiger partial charge in [-0.15, -0.1) is 12.3 Å². The standard InChI is InChI=1S/C19H21N5O3/c1-4-5-11-19(23-24-19)12-10-16(25)20-13(2)18-21-17(22-27-18)14-8-6-7-9-15(14)26-3/h1,6-9,13H,5,10-12H2,2-3H3,(H,20,25). The smallest absolute Gasteiger partial charge is 0.249 e. The highest BCUT2D eigenvalue weighted by Gasteiger charge is 2.39. The molecule has 2 aromatic rings. The van der Waals surface area contributed by atoms with Crippen molar-refractivity contribution in [3.63, 3.8) is 0 Å². The highest BCUT2D eigenvalue weighted by Crippen LogP contribution is 2.37. The van der Waals surface area contributed by atoms with Gasteiger partial charge in [-0.25, -0.2) is 0 Å². The summed E-state index contributed by atoms with van der Waals surface area (Å²) in [6.45, 7) is 1.79. The van der Waals surface area contributed by atoms with Gasteiger partial charge >= 0.3 is 0 Å². The zero-order valence-corrected chi connectivity index (χ0v) is 15.3. The highest BCUT2D eigenvalue weighted by atomic mass is 16.5. The van der Waals surface area contributed by atoms with E-state index in [1.54, 1.807) is 14.0 Å². The van der Waals surface area contributed by atoms with Crippen LogP contribution in [0.5, 0.6) is 5.75 Å². The van der Waals surface area contributed by atoms with E-state index in [2.05, 4.69) is 31.6 Å². The van der Waals surface area contributed by atoms with Crippen molar-refractivity contribution in [1.82, 2.24) is 15.5 Å². The number of carbonyl (C=O) groups is 1. The summed E-state index contributed by atoms with van der Waals surface area (Å²) >= 11 is 0. The number of methoxy groups -OCH3 is 1. The Labute approximate surface area is 157 Å². The fourth-order valence-electron chi connectivity index (χ4n) is 2.71. The van der Waals surface area contributed by atoms with Crippen LogP contribution in [0, 0.1) is 12.3 Å². The number of amides is 1. The zero-order chi connectivity index (χ0) is 19.3. The maximum atomic E-state index is 12.2. The summed E-state index contributed by atoms with van der Waals surface area (Å²) in [4.78, 5) is 16.6. The van der Waals surface area contributed by atoms with Crippen LogP contribution in [0.3, 0.4) is 0 Å². The van der Waals surface area contributed by atoms with Gasteiger partial charge < -0.3 is 14.6 Å². The van der Waals surface area contributed by atoms with Crippen LogP contribution in [0.2, 0.25) is 0 Å². The van der Waals surface area contributed by atoms with E-state index in [0.717, 1.165) is 5.56 Å². The molecule has 27 heavy (non-hydrogen) atoms. The van der Waals surface area contributed by atoms with Gasteiger partial charge in [0, 0.05) is 25.7 Å². The molecule has 0 aliphatic carbocycles. The topological polar surface area (TPSA) is 102 Å². The molecule has 8 nitrogen and oxygen atoms in total. The molecule has 1 atom stereocenters. The molecular weight excluding hydrogens is 346 g/mol. The molecule has 0 saturated carbocycles. The summed E-state index contributed by atoms with van der Waals surface area (Å²) in [6.07, 6.45) is 7.39. The molecule has 3 rings (SSSR count). The van der Waals surface area contributed by atoms with Gasteiger partial charge in [-0.05, 0) is 19.1 Å². The van der Waals surface area contributed by atoms with E-state index in [0.29, 0.717) is 43.1 Å². The van der Waals surface area contributed by atoms with E-state index >= 15 is 0 Å². The average Bonchev–Trinajstić information content (AvgIpc) is 3.28. The minimum Gasteiger partial charge on any atom is -0.496 e. The lowest BCUT2D eigenvalue weighted by molar-refractivity contribution is -0.122. The molecule has 1 N–H and O–H groups in total. The van der Waals surface area contributed by atoms with Gasteiger partial charge in [0.2, 0.25) is 17.6 Å². The fraction of sp³-hybridized carbons (Fsp3) is 0.421. The van der Waals surface area contributed by atoms with Crippen LogP contribution in [0.4, 0.5) is 0 Å². The van der Waals surface area contributed by atoms with Crippen molar-refractivity contribution in [2.24, 2.45) is 10.2 Å². The predicted molar refractivity (Wildman–Crippen MR) is 97.7 cm³/mol. The number of para-hydroxylation sites is 1. The molecule has 0 saturated heterocycles. The van der Waals surface area contributed by atoms with Crippen molar-refractivity contribution in [1.29, 1.82) is 0 Å². The molecule has 140 valence electrons. The summed E-state index contributed by atoms with van der Waals surface area (Å²) in [5.41, 5.74) is 0.259. The van der Waals surface area contributed by atoms with Gasteiger partial charge in [0.25, 0.3) is 0 Å². The van der Waals surface area contributed by atoms with Crippen molar-refractivity contribution in [3.05, 3.63) is 30.2 Å². The molecule has 1 aliphatic heterocycles. The first-order valence-electron chi connectivity index (χ1n) is 8.71. The van der Waals surface area contributed by atoms with Gasteiger partial charge in [0.1, 0.15) is 11.8 Å². The summed E-state index contributed by atoms with van der Waals surface area (Å²) in [5, 5.41) is 14.9. The second-order valence-electron chi connectivity index (χ2n) is 6.33. The van der Waals surface area contributed by atoms with Crippen LogP contribution in [0.15, 0.2) is 39.0 Å². The first-order chi connectivity index (χ1) is 13.1. The van der Waals surface area contributed by atoms with Crippen molar-refractivity contribution in [3.8, 4) is 29.5 Å². The van der Waals surface area contributed by atoms with Crippen LogP contribution < -0.4 is 10.1 Å². The molecule has 1 aliphatic rings. The number of ether oxygens (including phenoxy) is 1. The number of hydrogen-bond acceptors (Lipinski definition) is 7. The Bertz CT molecular complexity index is 877. The Morgan fingerprint density at radius 1 is 1.37 bits per heavy atom. The van der Waals surface area contributed by atoms with Gasteiger partial charge in [-0.2, -0.15) is 15.2 Å². The number of nitrogens with zero attached hydrogens (tertiary/aromatic N) is 4. The van der Waals surface area contributed by atoms with Crippen LogP contribution in [-0.2, 0) is 4.79 Å². The quantitative estimate of drug-likeness (QED) is 0.685.